The molecule has 0 aliphatic heterocycles. The molecule has 0 radical (unpaired) electrons. The minimum atomic E-state index is -0.846. The van der Waals surface area contributed by atoms with Crippen LogP contribution in [0.25, 0.3) is 17.0 Å². The van der Waals surface area contributed by atoms with E-state index in [-0.39, 0.29) is 0 Å². The monoisotopic (exact) mass is 272 g/mol. The summed E-state index contributed by atoms with van der Waals surface area (Å²) in [6.07, 6.45) is 3.75. The standard InChI is InChI=1S/C14H13FN4O/c1-16-13-5-6-19-8-12(17-14(19)18-13)10-3-2-4-11(7-10)20-9-15/h2-8H,9H2,1H3,(H,16,17,18). The molecule has 0 fully saturated rings. The van der Waals surface area contributed by atoms with Crippen LogP contribution < -0.4 is 10.1 Å². The molecule has 1 N–H and O–H groups in total. The zero-order valence-corrected chi connectivity index (χ0v) is 10.9. The molecule has 0 unspecified atom stereocenters. The minimum absolute atomic E-state index is 0.478. The molecular weight excluding hydrogens is 259 g/mol. The van der Waals surface area contributed by atoms with E-state index in [1.54, 1.807) is 25.2 Å². The number of benzene rings is 1. The van der Waals surface area contributed by atoms with Crippen LogP contribution in [0.3, 0.4) is 0 Å². The van der Waals surface area contributed by atoms with Crippen molar-refractivity contribution < 1.29 is 9.13 Å². The van der Waals surface area contributed by atoms with Crippen molar-refractivity contribution in [3.63, 3.8) is 0 Å². The molecule has 6 heteroatoms. The van der Waals surface area contributed by atoms with Gasteiger partial charge in [0.05, 0.1) is 5.69 Å². The first kappa shape index (κ1) is 12.4. The SMILES string of the molecule is CNc1ccn2cc(-c3cccc(OCF)c3)nc2n1. The summed E-state index contributed by atoms with van der Waals surface area (Å²) in [4.78, 5) is 8.80. The molecule has 0 spiro atoms. The van der Waals surface area contributed by atoms with Crippen molar-refractivity contribution in [1.82, 2.24) is 14.4 Å². The number of hydrogen-bond donors (Lipinski definition) is 1. The Morgan fingerprint density at radius 1 is 1.30 bits per heavy atom. The van der Waals surface area contributed by atoms with Crippen LogP contribution in [0.4, 0.5) is 10.2 Å². The van der Waals surface area contributed by atoms with Crippen molar-refractivity contribution in [2.45, 2.75) is 0 Å². The summed E-state index contributed by atoms with van der Waals surface area (Å²) in [7, 11) is 1.81. The Morgan fingerprint density at radius 2 is 2.20 bits per heavy atom. The van der Waals surface area contributed by atoms with Gasteiger partial charge in [-0.15, -0.1) is 0 Å². The molecule has 3 rings (SSSR count). The van der Waals surface area contributed by atoms with E-state index in [0.717, 1.165) is 17.1 Å². The van der Waals surface area contributed by atoms with Crippen LogP contribution in [0.5, 0.6) is 5.75 Å². The lowest BCUT2D eigenvalue weighted by Gasteiger charge is -2.02. The third-order valence-electron chi connectivity index (χ3n) is 2.93. The maximum absolute atomic E-state index is 12.2. The maximum atomic E-state index is 12.2. The molecule has 0 aliphatic rings. The van der Waals surface area contributed by atoms with Crippen LogP contribution >= 0.6 is 0 Å². The van der Waals surface area contributed by atoms with Gasteiger partial charge in [-0.3, -0.25) is 4.40 Å². The molecule has 0 saturated carbocycles. The van der Waals surface area contributed by atoms with E-state index >= 15 is 0 Å². The number of alkyl halides is 1. The van der Waals surface area contributed by atoms with E-state index in [9.17, 15) is 4.39 Å². The van der Waals surface area contributed by atoms with E-state index in [4.69, 9.17) is 4.74 Å². The summed E-state index contributed by atoms with van der Waals surface area (Å²) in [5.74, 6) is 1.83. The fourth-order valence-corrected chi connectivity index (χ4v) is 1.96. The lowest BCUT2D eigenvalue weighted by molar-refractivity contribution is 0.192. The van der Waals surface area contributed by atoms with Crippen LogP contribution in [-0.4, -0.2) is 28.3 Å². The first-order valence-corrected chi connectivity index (χ1v) is 6.13. The van der Waals surface area contributed by atoms with Crippen molar-refractivity contribution in [3.05, 3.63) is 42.7 Å². The van der Waals surface area contributed by atoms with E-state index in [2.05, 4.69) is 15.3 Å². The molecule has 0 atom stereocenters. The molecular formula is C14H13FN4O. The van der Waals surface area contributed by atoms with Gasteiger partial charge in [0.1, 0.15) is 11.6 Å². The van der Waals surface area contributed by atoms with Gasteiger partial charge < -0.3 is 10.1 Å². The highest BCUT2D eigenvalue weighted by atomic mass is 19.1. The Hall–Kier alpha value is -2.63. The van der Waals surface area contributed by atoms with Crippen LogP contribution in [-0.2, 0) is 0 Å². The van der Waals surface area contributed by atoms with E-state index in [1.807, 2.05) is 28.9 Å². The summed E-state index contributed by atoms with van der Waals surface area (Å²) in [5, 5.41) is 2.97. The molecule has 0 saturated heterocycles. The summed E-state index contributed by atoms with van der Waals surface area (Å²) in [5.41, 5.74) is 1.61. The first-order chi connectivity index (χ1) is 9.80. The average molecular weight is 272 g/mol. The molecule has 2 aromatic heterocycles. The van der Waals surface area contributed by atoms with Gasteiger partial charge in [-0.05, 0) is 18.2 Å². The second-order valence-corrected chi connectivity index (χ2v) is 4.18. The smallest absolute Gasteiger partial charge is 0.236 e. The average Bonchev–Trinajstić information content (AvgIpc) is 2.90. The molecule has 1 aromatic carbocycles. The van der Waals surface area contributed by atoms with Crippen LogP contribution in [0.1, 0.15) is 0 Å². The number of halogens is 1. The predicted octanol–water partition coefficient (Wildman–Crippen LogP) is 2.74. The van der Waals surface area contributed by atoms with E-state index < -0.39 is 6.86 Å². The molecule has 0 bridgehead atoms. The van der Waals surface area contributed by atoms with Gasteiger partial charge in [0.2, 0.25) is 12.6 Å². The largest absolute Gasteiger partial charge is 0.463 e. The number of anilines is 1. The van der Waals surface area contributed by atoms with Crippen molar-refractivity contribution in [3.8, 4) is 17.0 Å². The highest BCUT2D eigenvalue weighted by Gasteiger charge is 2.07. The second-order valence-electron chi connectivity index (χ2n) is 4.18. The number of rotatable bonds is 4. The molecule has 0 amide bonds. The predicted molar refractivity (Wildman–Crippen MR) is 74.6 cm³/mol. The summed E-state index contributed by atoms with van der Waals surface area (Å²) in [6, 6.07) is 9.01. The topological polar surface area (TPSA) is 51.5 Å². The highest BCUT2D eigenvalue weighted by molar-refractivity contribution is 5.63. The van der Waals surface area contributed by atoms with Gasteiger partial charge in [0, 0.05) is 25.0 Å². The fraction of sp³-hybridized carbons (Fsp3) is 0.143. The molecule has 3 aromatic rings. The Bertz CT molecular complexity index is 741. The summed E-state index contributed by atoms with van der Waals surface area (Å²) < 4.78 is 18.9. The van der Waals surface area contributed by atoms with Gasteiger partial charge in [0.25, 0.3) is 0 Å². The van der Waals surface area contributed by atoms with Crippen molar-refractivity contribution in [2.24, 2.45) is 0 Å². The Balaban J connectivity index is 2.03. The third kappa shape index (κ3) is 2.27. The van der Waals surface area contributed by atoms with Gasteiger partial charge in [-0.25, -0.2) is 9.37 Å². The van der Waals surface area contributed by atoms with E-state index in [1.165, 1.54) is 0 Å². The number of nitrogens with zero attached hydrogens (tertiary/aromatic N) is 3. The number of hydrogen-bond acceptors (Lipinski definition) is 4. The maximum Gasteiger partial charge on any atom is 0.236 e. The van der Waals surface area contributed by atoms with Gasteiger partial charge in [-0.1, -0.05) is 12.1 Å². The van der Waals surface area contributed by atoms with Gasteiger partial charge in [-0.2, -0.15) is 4.98 Å². The normalized spacial score (nSPS) is 10.7. The van der Waals surface area contributed by atoms with Crippen molar-refractivity contribution >= 4 is 11.6 Å². The number of aromatic nitrogens is 3. The lowest BCUT2D eigenvalue weighted by Crippen LogP contribution is -1.94. The minimum Gasteiger partial charge on any atom is -0.463 e. The quantitative estimate of drug-likeness (QED) is 0.793. The number of nitrogens with one attached hydrogen (secondary N) is 1. The lowest BCUT2D eigenvalue weighted by atomic mass is 10.1. The molecule has 20 heavy (non-hydrogen) atoms. The number of ether oxygens (including phenoxy) is 1. The van der Waals surface area contributed by atoms with Crippen LogP contribution in [0.15, 0.2) is 42.7 Å². The van der Waals surface area contributed by atoms with Crippen LogP contribution in [0, 0.1) is 0 Å². The molecule has 102 valence electrons. The summed E-state index contributed by atoms with van der Waals surface area (Å²) in [6.45, 7) is -0.846. The van der Waals surface area contributed by atoms with Crippen molar-refractivity contribution in [1.29, 1.82) is 0 Å². The fourth-order valence-electron chi connectivity index (χ4n) is 1.96. The Morgan fingerprint density at radius 3 is 3.00 bits per heavy atom. The summed E-state index contributed by atoms with van der Waals surface area (Å²) >= 11 is 0. The van der Waals surface area contributed by atoms with Crippen LogP contribution in [0.2, 0.25) is 0 Å². The third-order valence-corrected chi connectivity index (χ3v) is 2.93. The zero-order valence-electron chi connectivity index (χ0n) is 10.9. The highest BCUT2D eigenvalue weighted by Crippen LogP contribution is 2.23. The Labute approximate surface area is 115 Å². The first-order valence-electron chi connectivity index (χ1n) is 6.13. The molecule has 0 aliphatic carbocycles. The number of imidazole rings is 1. The van der Waals surface area contributed by atoms with Crippen molar-refractivity contribution in [2.75, 3.05) is 19.2 Å². The molecule has 5 nitrogen and oxygen atoms in total. The van der Waals surface area contributed by atoms with Gasteiger partial charge in [0.15, 0.2) is 0 Å². The molecule has 2 heterocycles. The second kappa shape index (κ2) is 5.16. The van der Waals surface area contributed by atoms with Gasteiger partial charge >= 0.3 is 0 Å². The number of fused-ring (bicyclic) bond motifs is 1. The Kier molecular flexibility index (Phi) is 3.20. The zero-order chi connectivity index (χ0) is 13.9. The van der Waals surface area contributed by atoms with E-state index in [0.29, 0.717) is 11.5 Å².